The molecule has 0 unspecified atom stereocenters. The minimum atomic E-state index is -0.317. The Kier molecular flexibility index (Phi) is 8.27. The average Bonchev–Trinajstić information content (AvgIpc) is 3.64. The van der Waals surface area contributed by atoms with E-state index in [9.17, 15) is 0 Å². The van der Waals surface area contributed by atoms with E-state index in [2.05, 4.69) is 137 Å². The summed E-state index contributed by atoms with van der Waals surface area (Å²) in [5, 5.41) is 0. The molecule has 5 aromatic rings. The van der Waals surface area contributed by atoms with Crippen LogP contribution in [0.15, 0.2) is 140 Å². The van der Waals surface area contributed by atoms with Crippen molar-refractivity contribution in [2.75, 3.05) is 0 Å². The lowest BCUT2D eigenvalue weighted by molar-refractivity contribution is 0.858. The van der Waals surface area contributed by atoms with Crippen molar-refractivity contribution in [2.24, 2.45) is 0 Å². The predicted octanol–water partition coefficient (Wildman–Crippen LogP) is 5.26. The standard InChI is InChI=1S/C17H18N2Si.C15H15B/c1-3-7-15(8-4-1)17(16-9-5-2-6-10-16)20-14-19-12-11-18-13-19;1-3-7-13(8-4-1)16(15-11-12-15)14-9-5-2-6-10-14/h1-13,17H,14,20H2;1-10,15H,11-12H2. The SMILES string of the molecule is c1ccc(B(c2ccccc2)C2CC2)cc1.c1ccc(C([SiH2]Cn2ccnc2)c2ccccc2)cc1. The van der Waals surface area contributed by atoms with Crippen LogP contribution >= 0.6 is 0 Å². The zero-order chi connectivity index (χ0) is 24.4. The predicted molar refractivity (Wildman–Crippen MR) is 156 cm³/mol. The van der Waals surface area contributed by atoms with E-state index in [0.717, 1.165) is 12.0 Å². The van der Waals surface area contributed by atoms with Crippen LogP contribution in [0.3, 0.4) is 0 Å². The molecule has 1 heterocycles. The molecule has 0 atom stereocenters. The molecule has 0 spiro atoms. The van der Waals surface area contributed by atoms with Gasteiger partial charge >= 0.3 is 0 Å². The first kappa shape index (κ1) is 24.1. The Hall–Kier alpha value is -3.63. The number of rotatable bonds is 8. The van der Waals surface area contributed by atoms with Gasteiger partial charge in [-0.15, -0.1) is 0 Å². The summed E-state index contributed by atoms with van der Waals surface area (Å²) in [5.41, 5.74) is 6.38. The van der Waals surface area contributed by atoms with E-state index in [1.165, 1.54) is 34.9 Å². The number of imidazole rings is 1. The van der Waals surface area contributed by atoms with Crippen LogP contribution in [0.5, 0.6) is 0 Å². The van der Waals surface area contributed by atoms with Gasteiger partial charge in [0, 0.05) is 18.6 Å². The van der Waals surface area contributed by atoms with Gasteiger partial charge in [-0.2, -0.15) is 0 Å². The Morgan fingerprint density at radius 1 is 0.694 bits per heavy atom. The highest BCUT2D eigenvalue weighted by Crippen LogP contribution is 2.38. The molecule has 4 aromatic carbocycles. The van der Waals surface area contributed by atoms with Crippen LogP contribution in [-0.4, -0.2) is 25.8 Å². The maximum atomic E-state index is 4.13. The van der Waals surface area contributed by atoms with E-state index in [0.29, 0.717) is 12.3 Å². The van der Waals surface area contributed by atoms with Crippen LogP contribution in [0.1, 0.15) is 29.5 Å². The van der Waals surface area contributed by atoms with Crippen LogP contribution in [0, 0.1) is 0 Å². The Morgan fingerprint density at radius 3 is 1.58 bits per heavy atom. The van der Waals surface area contributed by atoms with Crippen molar-refractivity contribution in [1.82, 2.24) is 9.55 Å². The molecule has 2 nitrogen and oxygen atoms in total. The fourth-order valence-electron chi connectivity index (χ4n) is 5.08. The van der Waals surface area contributed by atoms with Gasteiger partial charge in [-0.25, -0.2) is 4.98 Å². The molecular formula is C32H33BN2Si. The summed E-state index contributed by atoms with van der Waals surface area (Å²) in [6.07, 6.45) is 9.71. The van der Waals surface area contributed by atoms with Crippen molar-refractivity contribution in [2.45, 2.75) is 30.4 Å². The van der Waals surface area contributed by atoms with Gasteiger partial charge in [0.2, 0.25) is 6.71 Å². The first-order chi connectivity index (χ1) is 17.9. The minimum Gasteiger partial charge on any atom is -0.341 e. The molecule has 0 N–H and O–H groups in total. The average molecular weight is 485 g/mol. The van der Waals surface area contributed by atoms with Gasteiger partial charge in [0.05, 0.1) is 15.8 Å². The van der Waals surface area contributed by atoms with Gasteiger partial charge in [-0.1, -0.05) is 151 Å². The highest BCUT2D eigenvalue weighted by Gasteiger charge is 2.36. The second-order valence-corrected chi connectivity index (χ2v) is 11.4. The van der Waals surface area contributed by atoms with Gasteiger partial charge in [0.15, 0.2) is 0 Å². The second-order valence-electron chi connectivity index (χ2n) is 9.60. The minimum absolute atomic E-state index is 0.317. The van der Waals surface area contributed by atoms with E-state index in [-0.39, 0.29) is 9.52 Å². The van der Waals surface area contributed by atoms with Crippen LogP contribution in [0.25, 0.3) is 0 Å². The summed E-state index contributed by atoms with van der Waals surface area (Å²) in [6, 6.07) is 43.5. The Labute approximate surface area is 218 Å². The maximum absolute atomic E-state index is 4.13. The molecule has 0 amide bonds. The Balaban J connectivity index is 0.000000152. The van der Waals surface area contributed by atoms with Gasteiger partial charge < -0.3 is 4.57 Å². The molecule has 1 fully saturated rings. The first-order valence-corrected chi connectivity index (χ1v) is 14.9. The van der Waals surface area contributed by atoms with Gasteiger partial charge in [0.25, 0.3) is 0 Å². The smallest absolute Gasteiger partial charge is 0.212 e. The summed E-state index contributed by atoms with van der Waals surface area (Å²) in [7, 11) is -0.317. The highest BCUT2D eigenvalue weighted by atomic mass is 28.2. The van der Waals surface area contributed by atoms with Crippen LogP contribution < -0.4 is 10.9 Å². The van der Waals surface area contributed by atoms with Crippen molar-refractivity contribution in [1.29, 1.82) is 0 Å². The summed E-state index contributed by atoms with van der Waals surface area (Å²) in [4.78, 5) is 4.13. The van der Waals surface area contributed by atoms with Crippen LogP contribution in [0.2, 0.25) is 5.82 Å². The van der Waals surface area contributed by atoms with Gasteiger partial charge in [-0.05, 0) is 16.7 Å². The molecule has 1 aliphatic carbocycles. The molecule has 6 rings (SSSR count). The number of hydrogen-bond acceptors (Lipinski definition) is 1. The van der Waals surface area contributed by atoms with Crippen molar-refractivity contribution in [3.63, 3.8) is 0 Å². The van der Waals surface area contributed by atoms with E-state index in [4.69, 9.17) is 0 Å². The third-order valence-electron chi connectivity index (χ3n) is 7.05. The lowest BCUT2D eigenvalue weighted by Gasteiger charge is -2.17. The van der Waals surface area contributed by atoms with Crippen molar-refractivity contribution in [3.8, 4) is 0 Å². The maximum Gasteiger partial charge on any atom is 0.212 e. The summed E-state index contributed by atoms with van der Waals surface area (Å²) in [6.45, 7) is 0.613. The van der Waals surface area contributed by atoms with Gasteiger partial charge in [-0.3, -0.25) is 0 Å². The number of nitrogens with zero attached hydrogens (tertiary/aromatic N) is 2. The lowest BCUT2D eigenvalue weighted by Crippen LogP contribution is -2.42. The fourth-order valence-corrected chi connectivity index (χ4v) is 7.11. The molecule has 0 saturated heterocycles. The molecule has 0 radical (unpaired) electrons. The fraction of sp³-hybridized carbons (Fsp3) is 0.156. The molecule has 0 aliphatic heterocycles. The quantitative estimate of drug-likeness (QED) is 0.275. The number of benzene rings is 4. The molecule has 4 heteroatoms. The normalized spacial score (nSPS) is 12.9. The van der Waals surface area contributed by atoms with Crippen LogP contribution in [-0.2, 0) is 6.17 Å². The van der Waals surface area contributed by atoms with Crippen molar-refractivity contribution in [3.05, 3.63) is 151 Å². The van der Waals surface area contributed by atoms with Crippen molar-refractivity contribution < 1.29 is 0 Å². The zero-order valence-corrected chi connectivity index (χ0v) is 22.1. The molecular weight excluding hydrogens is 451 g/mol. The molecule has 1 saturated carbocycles. The third kappa shape index (κ3) is 6.52. The van der Waals surface area contributed by atoms with Crippen molar-refractivity contribution >= 4 is 27.2 Å². The summed E-state index contributed by atoms with van der Waals surface area (Å²) < 4.78 is 2.20. The molecule has 1 aromatic heterocycles. The molecule has 0 bridgehead atoms. The highest BCUT2D eigenvalue weighted by molar-refractivity contribution is 6.86. The van der Waals surface area contributed by atoms with Gasteiger partial charge in [0.1, 0.15) is 0 Å². The van der Waals surface area contributed by atoms with E-state index in [1.54, 1.807) is 0 Å². The third-order valence-corrected chi connectivity index (χ3v) is 9.34. The lowest BCUT2D eigenvalue weighted by atomic mass is 9.37. The Morgan fingerprint density at radius 2 is 1.17 bits per heavy atom. The molecule has 1 aliphatic rings. The Bertz CT molecular complexity index is 1200. The molecule has 178 valence electrons. The summed E-state index contributed by atoms with van der Waals surface area (Å²) in [5.74, 6) is 0.866. The first-order valence-electron chi connectivity index (χ1n) is 13.0. The monoisotopic (exact) mass is 484 g/mol. The zero-order valence-electron chi connectivity index (χ0n) is 20.7. The largest absolute Gasteiger partial charge is 0.341 e. The van der Waals surface area contributed by atoms with E-state index >= 15 is 0 Å². The van der Waals surface area contributed by atoms with Crippen LogP contribution in [0.4, 0.5) is 0 Å². The summed E-state index contributed by atoms with van der Waals surface area (Å²) >= 11 is 0. The number of hydrogen-bond donors (Lipinski definition) is 0. The number of aromatic nitrogens is 2. The molecule has 36 heavy (non-hydrogen) atoms. The topological polar surface area (TPSA) is 17.8 Å². The second kappa shape index (κ2) is 12.4. The van der Waals surface area contributed by atoms with E-state index < -0.39 is 0 Å². The van der Waals surface area contributed by atoms with E-state index in [1.807, 2.05) is 12.5 Å².